The molecule has 1 aliphatic heterocycles. The fourth-order valence-corrected chi connectivity index (χ4v) is 3.45. The van der Waals surface area contributed by atoms with E-state index >= 15 is 0 Å². The first-order chi connectivity index (χ1) is 14.6. The summed E-state index contributed by atoms with van der Waals surface area (Å²) in [6, 6.07) is 21.0. The van der Waals surface area contributed by atoms with Crippen LogP contribution in [0.3, 0.4) is 0 Å². The van der Waals surface area contributed by atoms with Crippen molar-refractivity contribution in [2.75, 3.05) is 11.9 Å². The van der Waals surface area contributed by atoms with Gasteiger partial charge in [0.1, 0.15) is 12.1 Å². The maximum absolute atomic E-state index is 12.5. The van der Waals surface area contributed by atoms with Gasteiger partial charge in [-0.05, 0) is 42.5 Å². The van der Waals surface area contributed by atoms with Gasteiger partial charge in [-0.15, -0.1) is 0 Å². The van der Waals surface area contributed by atoms with E-state index in [1.165, 1.54) is 0 Å². The van der Waals surface area contributed by atoms with Crippen LogP contribution in [0.2, 0.25) is 0 Å². The van der Waals surface area contributed by atoms with Crippen LogP contribution in [0.15, 0.2) is 77.2 Å². The zero-order chi connectivity index (χ0) is 20.7. The minimum Gasteiger partial charge on any atom is -0.436 e. The van der Waals surface area contributed by atoms with Crippen LogP contribution < -0.4 is 5.32 Å². The topological polar surface area (TPSA) is 92.5 Å². The average molecular weight is 397 g/mol. The number of nitrogens with zero attached hydrogens (tertiary/aromatic N) is 2. The maximum atomic E-state index is 12.5. The summed E-state index contributed by atoms with van der Waals surface area (Å²) >= 11 is 0. The van der Waals surface area contributed by atoms with Crippen molar-refractivity contribution in [3.8, 4) is 11.5 Å². The Bertz CT molecular complexity index is 1260. The molecule has 0 unspecified atom stereocenters. The fraction of sp³-hybridized carbons (Fsp3) is 0.0435. The summed E-state index contributed by atoms with van der Waals surface area (Å²) in [5.41, 5.74) is 3.25. The lowest BCUT2D eigenvalue weighted by Gasteiger charge is -2.13. The normalized spacial score (nSPS) is 13.0. The molecule has 1 aliphatic rings. The number of aromatic nitrogens is 1. The zero-order valence-electron chi connectivity index (χ0n) is 15.7. The maximum Gasteiger partial charge on any atom is 0.262 e. The highest BCUT2D eigenvalue weighted by atomic mass is 16.3. The standard InChI is InChI=1S/C23H15N3O4/c27-20(13-26-22(28)16-8-1-2-9-17(16)23(26)29)24-15-7-5-6-14(12-15)21-25-18-10-3-4-11-19(18)30-21/h1-12H,13H2,(H,24,27). The largest absolute Gasteiger partial charge is 0.436 e. The molecule has 1 aromatic heterocycles. The number of fused-ring (bicyclic) bond motifs is 2. The van der Waals surface area contributed by atoms with Crippen molar-refractivity contribution in [3.05, 3.63) is 83.9 Å². The second-order valence-electron chi connectivity index (χ2n) is 6.86. The number of nitrogens with one attached hydrogen (secondary N) is 1. The molecule has 0 saturated heterocycles. The van der Waals surface area contributed by atoms with E-state index in [1.807, 2.05) is 30.3 Å². The number of para-hydroxylation sites is 2. The highest BCUT2D eigenvalue weighted by Gasteiger charge is 2.36. The molecule has 0 fully saturated rings. The van der Waals surface area contributed by atoms with Crippen molar-refractivity contribution in [1.82, 2.24) is 9.88 Å². The van der Waals surface area contributed by atoms with Gasteiger partial charge >= 0.3 is 0 Å². The lowest BCUT2D eigenvalue weighted by atomic mass is 10.1. The van der Waals surface area contributed by atoms with Crippen molar-refractivity contribution in [2.45, 2.75) is 0 Å². The van der Waals surface area contributed by atoms with Crippen LogP contribution in [0.25, 0.3) is 22.6 Å². The van der Waals surface area contributed by atoms with E-state index in [4.69, 9.17) is 4.42 Å². The van der Waals surface area contributed by atoms with Crippen molar-refractivity contribution >= 4 is 34.5 Å². The van der Waals surface area contributed by atoms with Gasteiger partial charge in [-0.25, -0.2) is 4.98 Å². The molecule has 0 aliphatic carbocycles. The predicted octanol–water partition coefficient (Wildman–Crippen LogP) is 3.73. The number of rotatable bonds is 4. The predicted molar refractivity (Wildman–Crippen MR) is 110 cm³/mol. The molecule has 0 spiro atoms. The van der Waals surface area contributed by atoms with E-state index in [-0.39, 0.29) is 6.54 Å². The van der Waals surface area contributed by atoms with Crippen LogP contribution >= 0.6 is 0 Å². The molecule has 30 heavy (non-hydrogen) atoms. The minimum absolute atomic E-state index is 0.313. The van der Waals surface area contributed by atoms with Crippen LogP contribution in [0, 0.1) is 0 Å². The van der Waals surface area contributed by atoms with Crippen LogP contribution in [-0.4, -0.2) is 34.2 Å². The Hall–Kier alpha value is -4.26. The molecule has 0 bridgehead atoms. The van der Waals surface area contributed by atoms with Gasteiger partial charge in [0.25, 0.3) is 11.8 Å². The van der Waals surface area contributed by atoms with Crippen molar-refractivity contribution in [3.63, 3.8) is 0 Å². The molecular weight excluding hydrogens is 382 g/mol. The summed E-state index contributed by atoms with van der Waals surface area (Å²) in [4.78, 5) is 42.8. The van der Waals surface area contributed by atoms with E-state index in [9.17, 15) is 14.4 Å². The number of imide groups is 1. The smallest absolute Gasteiger partial charge is 0.262 e. The summed E-state index contributed by atoms with van der Waals surface area (Å²) in [6.45, 7) is -0.362. The van der Waals surface area contributed by atoms with Gasteiger partial charge in [0, 0.05) is 11.3 Å². The van der Waals surface area contributed by atoms with Gasteiger partial charge in [-0.1, -0.05) is 30.3 Å². The Balaban J connectivity index is 1.33. The molecular formula is C23H15N3O4. The van der Waals surface area contributed by atoms with Crippen LogP contribution in [0.4, 0.5) is 5.69 Å². The molecule has 5 rings (SSSR count). The minimum atomic E-state index is -0.473. The third-order valence-corrected chi connectivity index (χ3v) is 4.87. The van der Waals surface area contributed by atoms with Crippen LogP contribution in [0.5, 0.6) is 0 Å². The summed E-state index contributed by atoms with van der Waals surface area (Å²) in [6.07, 6.45) is 0. The van der Waals surface area contributed by atoms with Crippen molar-refractivity contribution in [1.29, 1.82) is 0 Å². The zero-order valence-corrected chi connectivity index (χ0v) is 15.7. The first-order valence-electron chi connectivity index (χ1n) is 9.31. The number of anilines is 1. The highest BCUT2D eigenvalue weighted by Crippen LogP contribution is 2.26. The summed E-state index contributed by atoms with van der Waals surface area (Å²) < 4.78 is 5.76. The lowest BCUT2D eigenvalue weighted by molar-refractivity contribution is -0.116. The molecule has 0 radical (unpaired) electrons. The molecule has 7 heteroatoms. The molecule has 0 atom stereocenters. The number of amides is 3. The van der Waals surface area contributed by atoms with E-state index in [2.05, 4.69) is 10.3 Å². The Morgan fingerprint density at radius 1 is 0.900 bits per heavy atom. The number of benzene rings is 3. The van der Waals surface area contributed by atoms with Crippen LogP contribution in [-0.2, 0) is 4.79 Å². The Morgan fingerprint density at radius 2 is 1.60 bits per heavy atom. The van der Waals surface area contributed by atoms with Gasteiger partial charge < -0.3 is 9.73 Å². The number of oxazole rings is 1. The molecule has 1 N–H and O–H groups in total. The van der Waals surface area contributed by atoms with Gasteiger partial charge in [-0.2, -0.15) is 0 Å². The van der Waals surface area contributed by atoms with Gasteiger partial charge in [0.05, 0.1) is 11.1 Å². The van der Waals surface area contributed by atoms with Crippen molar-refractivity contribution < 1.29 is 18.8 Å². The monoisotopic (exact) mass is 397 g/mol. The number of hydrogen-bond acceptors (Lipinski definition) is 5. The molecule has 0 saturated carbocycles. The summed E-state index contributed by atoms with van der Waals surface area (Å²) in [7, 11) is 0. The average Bonchev–Trinajstić information content (AvgIpc) is 3.30. The second kappa shape index (κ2) is 6.97. The quantitative estimate of drug-likeness (QED) is 0.530. The molecule has 7 nitrogen and oxygen atoms in total. The van der Waals surface area contributed by atoms with Crippen molar-refractivity contribution in [2.24, 2.45) is 0 Å². The van der Waals surface area contributed by atoms with Crippen LogP contribution in [0.1, 0.15) is 20.7 Å². The van der Waals surface area contributed by atoms with Gasteiger partial charge in [0.15, 0.2) is 5.58 Å². The fourth-order valence-electron chi connectivity index (χ4n) is 3.45. The molecule has 4 aromatic rings. The SMILES string of the molecule is O=C(CN1C(=O)c2ccccc2C1=O)Nc1cccc(-c2nc3ccccc3o2)c1. The third kappa shape index (κ3) is 3.02. The second-order valence-corrected chi connectivity index (χ2v) is 6.86. The Morgan fingerprint density at radius 3 is 2.33 bits per heavy atom. The number of carbonyl (C=O) groups is 3. The number of hydrogen-bond donors (Lipinski definition) is 1. The third-order valence-electron chi connectivity index (χ3n) is 4.87. The molecule has 2 heterocycles. The first-order valence-corrected chi connectivity index (χ1v) is 9.31. The van der Waals surface area contributed by atoms with Gasteiger partial charge in [0.2, 0.25) is 11.8 Å². The van der Waals surface area contributed by atoms with E-state index in [0.717, 1.165) is 10.4 Å². The highest BCUT2D eigenvalue weighted by molar-refractivity contribution is 6.22. The van der Waals surface area contributed by atoms with E-state index < -0.39 is 17.7 Å². The number of carbonyl (C=O) groups excluding carboxylic acids is 3. The first kappa shape index (κ1) is 17.8. The molecule has 3 aromatic carbocycles. The summed E-state index contributed by atoms with van der Waals surface area (Å²) in [5.74, 6) is -0.969. The molecule has 146 valence electrons. The Kier molecular flexibility index (Phi) is 4.14. The lowest BCUT2D eigenvalue weighted by Crippen LogP contribution is -2.37. The van der Waals surface area contributed by atoms with Gasteiger partial charge in [-0.3, -0.25) is 19.3 Å². The molecule has 3 amide bonds. The summed E-state index contributed by atoms with van der Waals surface area (Å²) in [5, 5.41) is 2.73. The van der Waals surface area contributed by atoms with E-state index in [1.54, 1.807) is 42.5 Å². The Labute approximate surface area is 170 Å². The van der Waals surface area contributed by atoms with E-state index in [0.29, 0.717) is 33.9 Å².